The van der Waals surface area contributed by atoms with Crippen molar-refractivity contribution in [1.29, 1.82) is 0 Å². The predicted molar refractivity (Wildman–Crippen MR) is 107 cm³/mol. The van der Waals surface area contributed by atoms with E-state index in [1.54, 1.807) is 6.07 Å². The van der Waals surface area contributed by atoms with Crippen LogP contribution in [0.5, 0.6) is 0 Å². The van der Waals surface area contributed by atoms with Crippen LogP contribution in [0.25, 0.3) is 11.3 Å². The lowest BCUT2D eigenvalue weighted by molar-refractivity contribution is 0.0933. The van der Waals surface area contributed by atoms with Crippen molar-refractivity contribution in [1.82, 2.24) is 15.4 Å². The second-order valence-corrected chi connectivity index (χ2v) is 7.12. The lowest BCUT2D eigenvalue weighted by Gasteiger charge is -2.25. The number of nitrogens with zero attached hydrogens (tertiary/aromatic N) is 2. The average Bonchev–Trinajstić information content (AvgIpc) is 3.14. The van der Waals surface area contributed by atoms with Gasteiger partial charge in [0.05, 0.1) is 6.04 Å². The molecule has 1 unspecified atom stereocenters. The minimum absolute atomic E-state index is 0.0229. The zero-order chi connectivity index (χ0) is 19.4. The summed E-state index contributed by atoms with van der Waals surface area (Å²) in [6.07, 6.45) is 0. The van der Waals surface area contributed by atoms with E-state index in [1.165, 1.54) is 0 Å². The molecule has 1 heterocycles. The number of aromatic nitrogens is 1. The maximum absolute atomic E-state index is 12.5. The van der Waals surface area contributed by atoms with Gasteiger partial charge < -0.3 is 14.7 Å². The second kappa shape index (κ2) is 8.37. The Balaban J connectivity index is 1.67. The first-order chi connectivity index (χ1) is 12.9. The Morgan fingerprint density at radius 2 is 1.81 bits per heavy atom. The normalized spacial score (nSPS) is 12.2. The van der Waals surface area contributed by atoms with Gasteiger partial charge in [-0.25, -0.2) is 0 Å². The van der Waals surface area contributed by atoms with Gasteiger partial charge in [0, 0.05) is 23.2 Å². The lowest BCUT2D eigenvalue weighted by Crippen LogP contribution is -2.34. The van der Waals surface area contributed by atoms with E-state index in [9.17, 15) is 4.79 Å². The third-order valence-electron chi connectivity index (χ3n) is 4.41. The fraction of sp³-hybridized carbons (Fsp3) is 0.238. The number of carbonyl (C=O) groups excluding carboxylic acids is 1. The van der Waals surface area contributed by atoms with E-state index in [0.29, 0.717) is 17.3 Å². The topological polar surface area (TPSA) is 58.4 Å². The number of benzene rings is 2. The maximum Gasteiger partial charge on any atom is 0.273 e. The quantitative estimate of drug-likeness (QED) is 0.688. The number of carbonyl (C=O) groups is 1. The zero-order valence-electron chi connectivity index (χ0n) is 15.6. The van der Waals surface area contributed by atoms with Crippen molar-refractivity contribution in [3.05, 3.63) is 76.4 Å². The highest BCUT2D eigenvalue weighted by Gasteiger charge is 2.18. The summed E-state index contributed by atoms with van der Waals surface area (Å²) < 4.78 is 5.33. The van der Waals surface area contributed by atoms with Crippen LogP contribution in [0.15, 0.2) is 59.1 Å². The largest absolute Gasteiger partial charge is 0.355 e. The van der Waals surface area contributed by atoms with Gasteiger partial charge in [0.15, 0.2) is 11.5 Å². The Morgan fingerprint density at radius 3 is 2.44 bits per heavy atom. The highest BCUT2D eigenvalue weighted by Crippen LogP contribution is 2.22. The molecule has 3 aromatic rings. The van der Waals surface area contributed by atoms with Gasteiger partial charge in [-0.3, -0.25) is 4.79 Å². The van der Waals surface area contributed by atoms with E-state index < -0.39 is 0 Å². The number of hydrogen-bond acceptors (Lipinski definition) is 4. The Bertz CT molecular complexity index is 902. The van der Waals surface area contributed by atoms with E-state index in [2.05, 4.69) is 10.5 Å². The molecule has 0 aliphatic carbocycles. The van der Waals surface area contributed by atoms with Gasteiger partial charge in [-0.15, -0.1) is 0 Å². The van der Waals surface area contributed by atoms with Crippen molar-refractivity contribution in [2.45, 2.75) is 13.0 Å². The molecule has 0 radical (unpaired) electrons. The highest BCUT2D eigenvalue weighted by atomic mass is 35.5. The first kappa shape index (κ1) is 19.1. The first-order valence-corrected chi connectivity index (χ1v) is 9.05. The summed E-state index contributed by atoms with van der Waals surface area (Å²) >= 11 is 5.96. The number of hydrogen-bond donors (Lipinski definition) is 1. The van der Waals surface area contributed by atoms with Crippen molar-refractivity contribution >= 4 is 17.5 Å². The van der Waals surface area contributed by atoms with Crippen molar-refractivity contribution in [3.8, 4) is 11.3 Å². The molecule has 140 valence electrons. The van der Waals surface area contributed by atoms with E-state index in [0.717, 1.165) is 16.7 Å². The number of nitrogens with one attached hydrogen (secondary N) is 1. The average molecular weight is 384 g/mol. The van der Waals surface area contributed by atoms with Gasteiger partial charge in [0.2, 0.25) is 0 Å². The van der Waals surface area contributed by atoms with Gasteiger partial charge in [0.25, 0.3) is 5.91 Å². The molecule has 3 rings (SSSR count). The molecule has 6 heteroatoms. The summed E-state index contributed by atoms with van der Waals surface area (Å²) in [7, 11) is 3.94. The monoisotopic (exact) mass is 383 g/mol. The zero-order valence-corrected chi connectivity index (χ0v) is 16.3. The van der Waals surface area contributed by atoms with E-state index >= 15 is 0 Å². The van der Waals surface area contributed by atoms with Crippen LogP contribution in [0.3, 0.4) is 0 Å². The molecule has 0 fully saturated rings. The SMILES string of the molecule is Cc1ccc(-c2cc(C(=O)NCC(c3ccc(Cl)cc3)N(C)C)no2)cc1. The predicted octanol–water partition coefficient (Wildman–Crippen LogP) is 4.34. The lowest BCUT2D eigenvalue weighted by atomic mass is 10.1. The molecule has 1 atom stereocenters. The summed E-state index contributed by atoms with van der Waals surface area (Å²) in [5.74, 6) is 0.305. The van der Waals surface area contributed by atoms with Crippen molar-refractivity contribution in [2.75, 3.05) is 20.6 Å². The van der Waals surface area contributed by atoms with Crippen LogP contribution in [0.2, 0.25) is 5.02 Å². The number of rotatable bonds is 6. The molecule has 1 N–H and O–H groups in total. The van der Waals surface area contributed by atoms with Crippen LogP contribution >= 0.6 is 11.6 Å². The first-order valence-electron chi connectivity index (χ1n) is 8.68. The van der Waals surface area contributed by atoms with Gasteiger partial charge >= 0.3 is 0 Å². The number of likely N-dealkylation sites (N-methyl/N-ethyl adjacent to an activating group) is 1. The third kappa shape index (κ3) is 4.76. The van der Waals surface area contributed by atoms with Crippen LogP contribution in [-0.4, -0.2) is 36.6 Å². The molecule has 0 spiro atoms. The maximum atomic E-state index is 12.5. The van der Waals surface area contributed by atoms with Crippen molar-refractivity contribution < 1.29 is 9.32 Å². The summed E-state index contributed by atoms with van der Waals surface area (Å²) in [6.45, 7) is 2.46. The van der Waals surface area contributed by atoms with Crippen molar-refractivity contribution in [3.63, 3.8) is 0 Å². The molecule has 2 aromatic carbocycles. The van der Waals surface area contributed by atoms with E-state index in [-0.39, 0.29) is 17.6 Å². The van der Waals surface area contributed by atoms with Gasteiger partial charge in [0.1, 0.15) is 0 Å². The fourth-order valence-corrected chi connectivity index (χ4v) is 2.93. The summed E-state index contributed by atoms with van der Waals surface area (Å²) in [4.78, 5) is 14.5. The van der Waals surface area contributed by atoms with Crippen LogP contribution in [-0.2, 0) is 0 Å². The molecule has 0 aliphatic rings. The molecule has 0 saturated carbocycles. The number of halogens is 1. The Hall–Kier alpha value is -2.63. The Morgan fingerprint density at radius 1 is 1.15 bits per heavy atom. The third-order valence-corrected chi connectivity index (χ3v) is 4.66. The molecule has 1 aromatic heterocycles. The minimum atomic E-state index is -0.266. The second-order valence-electron chi connectivity index (χ2n) is 6.68. The smallest absolute Gasteiger partial charge is 0.273 e. The van der Waals surface area contributed by atoms with Crippen LogP contribution < -0.4 is 5.32 Å². The molecular weight excluding hydrogens is 362 g/mol. The van der Waals surface area contributed by atoms with Crippen LogP contribution in [0.1, 0.15) is 27.7 Å². The van der Waals surface area contributed by atoms with Gasteiger partial charge in [-0.1, -0.05) is 58.7 Å². The van der Waals surface area contributed by atoms with Crippen LogP contribution in [0, 0.1) is 6.92 Å². The fourth-order valence-electron chi connectivity index (χ4n) is 2.80. The van der Waals surface area contributed by atoms with Crippen molar-refractivity contribution in [2.24, 2.45) is 0 Å². The number of aryl methyl sites for hydroxylation is 1. The summed E-state index contributed by atoms with van der Waals surface area (Å²) in [5, 5.41) is 7.52. The molecule has 0 bridgehead atoms. The standard InChI is InChI=1S/C21H22ClN3O2/c1-14-4-6-16(7-5-14)20-12-18(24-27-20)21(26)23-13-19(25(2)3)15-8-10-17(22)11-9-15/h4-12,19H,13H2,1-3H3,(H,23,26). The molecular formula is C21H22ClN3O2. The molecule has 1 amide bonds. The van der Waals surface area contributed by atoms with E-state index in [4.69, 9.17) is 16.1 Å². The Labute approximate surface area is 163 Å². The minimum Gasteiger partial charge on any atom is -0.355 e. The van der Waals surface area contributed by atoms with Crippen LogP contribution in [0.4, 0.5) is 0 Å². The molecule has 0 saturated heterocycles. The van der Waals surface area contributed by atoms with Gasteiger partial charge in [-0.05, 0) is 38.7 Å². The molecule has 27 heavy (non-hydrogen) atoms. The summed E-state index contributed by atoms with van der Waals surface area (Å²) in [6, 6.07) is 17.2. The van der Waals surface area contributed by atoms with E-state index in [1.807, 2.05) is 74.4 Å². The number of amides is 1. The molecule has 5 nitrogen and oxygen atoms in total. The Kier molecular flexibility index (Phi) is 5.94. The highest BCUT2D eigenvalue weighted by molar-refractivity contribution is 6.30. The summed E-state index contributed by atoms with van der Waals surface area (Å²) in [5.41, 5.74) is 3.39. The van der Waals surface area contributed by atoms with Gasteiger partial charge in [-0.2, -0.15) is 0 Å². The molecule has 0 aliphatic heterocycles.